The lowest BCUT2D eigenvalue weighted by Gasteiger charge is -2.25. The largest absolute Gasteiger partial charge is 0.493 e. The highest BCUT2D eigenvalue weighted by molar-refractivity contribution is 5.95. The third-order valence-electron chi connectivity index (χ3n) is 6.07. The lowest BCUT2D eigenvalue weighted by molar-refractivity contribution is -0.116. The minimum absolute atomic E-state index is 0.173. The van der Waals surface area contributed by atoms with Crippen molar-refractivity contribution in [1.29, 1.82) is 0 Å². The van der Waals surface area contributed by atoms with Gasteiger partial charge in [-0.1, -0.05) is 0 Å². The molecule has 1 atom stereocenters. The second-order valence-electron chi connectivity index (χ2n) is 8.17. The van der Waals surface area contributed by atoms with E-state index in [-0.39, 0.29) is 30.0 Å². The van der Waals surface area contributed by atoms with Crippen molar-refractivity contribution >= 4 is 11.7 Å². The van der Waals surface area contributed by atoms with Gasteiger partial charge in [-0.2, -0.15) is 14.9 Å². The van der Waals surface area contributed by atoms with Gasteiger partial charge in [0.25, 0.3) is 5.95 Å². The van der Waals surface area contributed by atoms with Crippen molar-refractivity contribution in [3.8, 4) is 34.5 Å². The Morgan fingerprint density at radius 2 is 1.75 bits per heavy atom. The molecule has 10 nitrogen and oxygen atoms in total. The number of carbonyl (C=O) groups excluding carboxylic acids is 1. The summed E-state index contributed by atoms with van der Waals surface area (Å²) in [6, 6.07) is 9.57. The van der Waals surface area contributed by atoms with E-state index < -0.39 is 0 Å². The normalized spacial score (nSPS) is 14.7. The molecule has 0 saturated carbocycles. The van der Waals surface area contributed by atoms with E-state index in [1.54, 1.807) is 26.4 Å². The molecule has 0 saturated heterocycles. The SMILES string of the molecule is COc1cc(C2CC(=O)Nc3c2c(C)nn3-c2nncc(-c3ccc(F)cc3)n2)cc(OC)c1OC. The van der Waals surface area contributed by atoms with Crippen LogP contribution in [0.3, 0.4) is 0 Å². The molecule has 184 valence electrons. The number of rotatable bonds is 6. The van der Waals surface area contributed by atoms with E-state index >= 15 is 0 Å². The summed E-state index contributed by atoms with van der Waals surface area (Å²) in [5.74, 6) is 1.21. The van der Waals surface area contributed by atoms with E-state index in [1.165, 1.54) is 30.1 Å². The van der Waals surface area contributed by atoms with Gasteiger partial charge in [-0.3, -0.25) is 4.79 Å². The molecular formula is C25H23FN6O4. The van der Waals surface area contributed by atoms with Crippen LogP contribution in [-0.4, -0.2) is 52.2 Å². The number of amides is 1. The molecule has 2 aromatic heterocycles. The van der Waals surface area contributed by atoms with E-state index in [0.29, 0.717) is 40.0 Å². The van der Waals surface area contributed by atoms with E-state index in [4.69, 9.17) is 14.2 Å². The summed E-state index contributed by atoms with van der Waals surface area (Å²) >= 11 is 0. The number of methoxy groups -OCH3 is 3. The van der Waals surface area contributed by atoms with E-state index in [2.05, 4.69) is 25.6 Å². The Morgan fingerprint density at radius 3 is 2.39 bits per heavy atom. The van der Waals surface area contributed by atoms with Gasteiger partial charge >= 0.3 is 0 Å². The Balaban J connectivity index is 1.62. The monoisotopic (exact) mass is 490 g/mol. The molecule has 1 amide bonds. The van der Waals surface area contributed by atoms with Crippen LogP contribution in [0.2, 0.25) is 0 Å². The summed E-state index contributed by atoms with van der Waals surface area (Å²) in [4.78, 5) is 17.4. The first-order valence-corrected chi connectivity index (χ1v) is 11.1. The highest BCUT2D eigenvalue weighted by atomic mass is 19.1. The van der Waals surface area contributed by atoms with Gasteiger partial charge in [0.1, 0.15) is 11.6 Å². The number of benzene rings is 2. The molecule has 2 aromatic carbocycles. The third kappa shape index (κ3) is 3.98. The summed E-state index contributed by atoms with van der Waals surface area (Å²) in [6.07, 6.45) is 1.68. The van der Waals surface area contributed by atoms with Gasteiger partial charge in [0.2, 0.25) is 11.7 Å². The topological polar surface area (TPSA) is 113 Å². The molecule has 11 heteroatoms. The summed E-state index contributed by atoms with van der Waals surface area (Å²) in [6.45, 7) is 1.86. The Kier molecular flexibility index (Phi) is 5.96. The van der Waals surface area contributed by atoms with Crippen LogP contribution in [0.5, 0.6) is 17.2 Å². The predicted octanol–water partition coefficient (Wildman–Crippen LogP) is 3.67. The molecule has 0 bridgehead atoms. The molecule has 5 rings (SSSR count). The molecule has 0 spiro atoms. The van der Waals surface area contributed by atoms with Crippen molar-refractivity contribution in [2.24, 2.45) is 0 Å². The van der Waals surface area contributed by atoms with E-state index in [0.717, 1.165) is 11.1 Å². The minimum atomic E-state index is -0.349. The van der Waals surface area contributed by atoms with Crippen molar-refractivity contribution in [3.63, 3.8) is 0 Å². The van der Waals surface area contributed by atoms with Gasteiger partial charge in [0, 0.05) is 23.5 Å². The van der Waals surface area contributed by atoms with Crippen LogP contribution < -0.4 is 19.5 Å². The summed E-state index contributed by atoms with van der Waals surface area (Å²) < 4.78 is 31.3. The number of anilines is 1. The van der Waals surface area contributed by atoms with E-state index in [9.17, 15) is 9.18 Å². The number of aryl methyl sites for hydroxylation is 1. The number of carbonyl (C=O) groups is 1. The van der Waals surface area contributed by atoms with Gasteiger partial charge in [-0.05, 0) is 48.9 Å². The lowest BCUT2D eigenvalue weighted by atomic mass is 9.85. The number of nitrogens with zero attached hydrogens (tertiary/aromatic N) is 5. The zero-order valence-electron chi connectivity index (χ0n) is 20.1. The molecule has 1 N–H and O–H groups in total. The van der Waals surface area contributed by atoms with E-state index in [1.807, 2.05) is 19.1 Å². The maximum Gasteiger partial charge on any atom is 0.272 e. The van der Waals surface area contributed by atoms with Crippen LogP contribution in [0.25, 0.3) is 17.2 Å². The number of fused-ring (bicyclic) bond motifs is 1. The molecule has 3 heterocycles. The maximum atomic E-state index is 13.4. The van der Waals surface area contributed by atoms with Crippen LogP contribution in [0, 0.1) is 12.7 Å². The van der Waals surface area contributed by atoms with Gasteiger partial charge < -0.3 is 19.5 Å². The summed E-state index contributed by atoms with van der Waals surface area (Å²) in [5.41, 5.74) is 3.48. The number of hydrogen-bond acceptors (Lipinski definition) is 8. The van der Waals surface area contributed by atoms with Gasteiger partial charge in [0.15, 0.2) is 11.5 Å². The molecule has 0 aliphatic carbocycles. The fraction of sp³-hybridized carbons (Fsp3) is 0.240. The molecule has 1 aliphatic rings. The van der Waals surface area contributed by atoms with Gasteiger partial charge in [-0.15, -0.1) is 5.10 Å². The Morgan fingerprint density at radius 1 is 1.06 bits per heavy atom. The molecule has 1 unspecified atom stereocenters. The molecule has 1 aliphatic heterocycles. The Bertz CT molecular complexity index is 1430. The van der Waals surface area contributed by atoms with Crippen LogP contribution >= 0.6 is 0 Å². The summed E-state index contributed by atoms with van der Waals surface area (Å²) in [5, 5.41) is 15.7. The number of nitrogens with one attached hydrogen (secondary N) is 1. The zero-order chi connectivity index (χ0) is 25.4. The molecule has 0 radical (unpaired) electrons. The average molecular weight is 490 g/mol. The van der Waals surface area contributed by atoms with Crippen LogP contribution in [0.4, 0.5) is 10.2 Å². The molecular weight excluding hydrogens is 467 g/mol. The van der Waals surface area contributed by atoms with Gasteiger partial charge in [-0.25, -0.2) is 9.37 Å². The Labute approximate surface area is 206 Å². The Hall–Kier alpha value is -4.54. The summed E-state index contributed by atoms with van der Waals surface area (Å²) in [7, 11) is 4.62. The highest BCUT2D eigenvalue weighted by Crippen LogP contribution is 2.45. The fourth-order valence-corrected chi connectivity index (χ4v) is 4.42. The van der Waals surface area contributed by atoms with Crippen molar-refractivity contribution in [2.75, 3.05) is 26.6 Å². The first kappa shape index (κ1) is 23.2. The molecule has 36 heavy (non-hydrogen) atoms. The maximum absolute atomic E-state index is 13.4. The molecule has 0 fully saturated rings. The van der Waals surface area contributed by atoms with Crippen LogP contribution in [-0.2, 0) is 4.79 Å². The quantitative estimate of drug-likeness (QED) is 0.436. The minimum Gasteiger partial charge on any atom is -0.493 e. The second kappa shape index (κ2) is 9.25. The number of aromatic nitrogens is 5. The number of halogens is 1. The average Bonchev–Trinajstić information content (AvgIpc) is 3.23. The van der Waals surface area contributed by atoms with Crippen molar-refractivity contribution in [3.05, 3.63) is 65.2 Å². The smallest absolute Gasteiger partial charge is 0.272 e. The number of ether oxygens (including phenoxy) is 3. The first-order valence-electron chi connectivity index (χ1n) is 11.1. The van der Waals surface area contributed by atoms with Crippen molar-refractivity contribution in [1.82, 2.24) is 25.0 Å². The predicted molar refractivity (Wildman–Crippen MR) is 128 cm³/mol. The standard InChI is InChI=1S/C25H23FN6O4/c1-13-22-17(15-9-19(34-2)23(36-4)20(10-15)35-3)11-21(33)29-24(22)32(31-13)25-28-18(12-27-30-25)14-5-7-16(26)8-6-14/h5-10,12,17H,11H2,1-4H3,(H,29,33). The second-order valence-corrected chi connectivity index (χ2v) is 8.17. The fourth-order valence-electron chi connectivity index (χ4n) is 4.42. The lowest BCUT2D eigenvalue weighted by Crippen LogP contribution is -2.25. The third-order valence-corrected chi connectivity index (χ3v) is 6.07. The van der Waals surface area contributed by atoms with Crippen LogP contribution in [0.1, 0.15) is 29.2 Å². The van der Waals surface area contributed by atoms with Crippen molar-refractivity contribution < 1.29 is 23.4 Å². The van der Waals surface area contributed by atoms with Crippen LogP contribution in [0.15, 0.2) is 42.6 Å². The highest BCUT2D eigenvalue weighted by Gasteiger charge is 2.34. The zero-order valence-corrected chi connectivity index (χ0v) is 20.1. The molecule has 4 aromatic rings. The number of hydrogen-bond donors (Lipinski definition) is 1. The van der Waals surface area contributed by atoms with Gasteiger partial charge in [0.05, 0.1) is 38.9 Å². The first-order chi connectivity index (χ1) is 17.4. The van der Waals surface area contributed by atoms with Crippen molar-refractivity contribution in [2.45, 2.75) is 19.3 Å².